The molecule has 0 radical (unpaired) electrons. The molecule has 2 aromatic heterocycles. The maximum atomic E-state index is 11.9. The van der Waals surface area contributed by atoms with Crippen molar-refractivity contribution in [1.82, 2.24) is 10.3 Å². The molecule has 0 atom stereocenters. The van der Waals surface area contributed by atoms with Crippen LogP contribution in [0.25, 0.3) is 16.6 Å². The van der Waals surface area contributed by atoms with Crippen LogP contribution >= 0.6 is 22.9 Å². The lowest BCUT2D eigenvalue weighted by Crippen LogP contribution is -2.20. The summed E-state index contributed by atoms with van der Waals surface area (Å²) >= 11 is 7.48. The molecule has 0 fully saturated rings. The lowest BCUT2D eigenvalue weighted by Gasteiger charge is -2.04. The molecule has 0 aliphatic heterocycles. The summed E-state index contributed by atoms with van der Waals surface area (Å²) in [5.41, 5.74) is 2.87. The van der Waals surface area contributed by atoms with Crippen LogP contribution in [0, 0.1) is 0 Å². The minimum absolute atomic E-state index is 0.139. The molecule has 0 saturated carbocycles. The van der Waals surface area contributed by atoms with Crippen LogP contribution in [-0.4, -0.2) is 10.9 Å². The fraction of sp³-hybridized carbons (Fsp3) is 0.0526. The van der Waals surface area contributed by atoms with Gasteiger partial charge in [0.25, 0.3) is 0 Å². The van der Waals surface area contributed by atoms with Crippen LogP contribution in [0.3, 0.4) is 0 Å². The Kier molecular flexibility index (Phi) is 5.41. The number of benzene rings is 1. The van der Waals surface area contributed by atoms with Gasteiger partial charge in [-0.3, -0.25) is 9.78 Å². The molecule has 0 bridgehead atoms. The Balaban J connectivity index is 1.58. The molecule has 1 N–H and O–H groups in total. The second-order valence-corrected chi connectivity index (χ2v) is 6.51. The van der Waals surface area contributed by atoms with Crippen LogP contribution in [0.15, 0.2) is 66.2 Å². The fourth-order valence-electron chi connectivity index (χ4n) is 2.14. The van der Waals surface area contributed by atoms with Crippen molar-refractivity contribution in [2.75, 3.05) is 0 Å². The van der Waals surface area contributed by atoms with Gasteiger partial charge in [-0.05, 0) is 52.9 Å². The van der Waals surface area contributed by atoms with Gasteiger partial charge in [0.1, 0.15) is 0 Å². The van der Waals surface area contributed by atoms with Gasteiger partial charge in [0, 0.05) is 23.8 Å². The first kappa shape index (κ1) is 16.4. The Morgan fingerprint density at radius 3 is 2.79 bits per heavy atom. The minimum Gasteiger partial charge on any atom is -0.348 e. The van der Waals surface area contributed by atoms with E-state index in [0.717, 1.165) is 21.7 Å². The van der Waals surface area contributed by atoms with Gasteiger partial charge in [0.2, 0.25) is 5.91 Å². The van der Waals surface area contributed by atoms with E-state index >= 15 is 0 Å². The summed E-state index contributed by atoms with van der Waals surface area (Å²) in [7, 11) is 0. The molecule has 0 spiro atoms. The van der Waals surface area contributed by atoms with Crippen LogP contribution in [-0.2, 0) is 11.3 Å². The van der Waals surface area contributed by atoms with Crippen molar-refractivity contribution in [3.8, 4) is 10.6 Å². The van der Waals surface area contributed by atoms with Crippen molar-refractivity contribution in [3.63, 3.8) is 0 Å². The molecular weight excluding hydrogens is 340 g/mol. The SMILES string of the molecule is O=C(/C=C/c1ccc(Cl)cc1)NCc1ccnc(-c2cccs2)c1. The first-order valence-electron chi connectivity index (χ1n) is 7.41. The predicted molar refractivity (Wildman–Crippen MR) is 99.9 cm³/mol. The Bertz CT molecular complexity index is 842. The molecule has 0 aliphatic carbocycles. The monoisotopic (exact) mass is 354 g/mol. The highest BCUT2D eigenvalue weighted by molar-refractivity contribution is 7.13. The summed E-state index contributed by atoms with van der Waals surface area (Å²) in [4.78, 5) is 17.4. The smallest absolute Gasteiger partial charge is 0.244 e. The van der Waals surface area contributed by atoms with Crippen molar-refractivity contribution in [2.45, 2.75) is 6.54 Å². The number of hydrogen-bond acceptors (Lipinski definition) is 3. The summed E-state index contributed by atoms with van der Waals surface area (Å²) in [6.45, 7) is 0.463. The summed E-state index contributed by atoms with van der Waals surface area (Å²) in [6, 6.07) is 15.2. The van der Waals surface area contributed by atoms with E-state index in [1.165, 1.54) is 6.08 Å². The average molecular weight is 355 g/mol. The van der Waals surface area contributed by atoms with Gasteiger partial charge < -0.3 is 5.32 Å². The van der Waals surface area contributed by atoms with Crippen molar-refractivity contribution in [2.24, 2.45) is 0 Å². The van der Waals surface area contributed by atoms with E-state index in [4.69, 9.17) is 11.6 Å². The number of nitrogens with one attached hydrogen (secondary N) is 1. The summed E-state index contributed by atoms with van der Waals surface area (Å²) in [6.07, 6.45) is 5.04. The number of amides is 1. The minimum atomic E-state index is -0.139. The summed E-state index contributed by atoms with van der Waals surface area (Å²) in [5.74, 6) is -0.139. The maximum absolute atomic E-state index is 11.9. The Morgan fingerprint density at radius 1 is 1.21 bits per heavy atom. The Labute approximate surface area is 149 Å². The maximum Gasteiger partial charge on any atom is 0.244 e. The molecule has 1 aromatic carbocycles. The first-order chi connectivity index (χ1) is 11.7. The molecule has 1 amide bonds. The average Bonchev–Trinajstić information content (AvgIpc) is 3.14. The number of nitrogens with zero attached hydrogens (tertiary/aromatic N) is 1. The number of thiophene rings is 1. The Morgan fingerprint density at radius 2 is 2.04 bits per heavy atom. The third kappa shape index (κ3) is 4.54. The fourth-order valence-corrected chi connectivity index (χ4v) is 2.96. The van der Waals surface area contributed by atoms with Gasteiger partial charge in [0.15, 0.2) is 0 Å². The number of carbonyl (C=O) groups excluding carboxylic acids is 1. The van der Waals surface area contributed by atoms with Gasteiger partial charge >= 0.3 is 0 Å². The van der Waals surface area contributed by atoms with Crippen LogP contribution < -0.4 is 5.32 Å². The van der Waals surface area contributed by atoms with Crippen molar-refractivity contribution >= 4 is 34.9 Å². The van der Waals surface area contributed by atoms with E-state index in [1.807, 2.05) is 41.8 Å². The van der Waals surface area contributed by atoms with Crippen LogP contribution in [0.5, 0.6) is 0 Å². The number of aromatic nitrogens is 1. The van der Waals surface area contributed by atoms with Gasteiger partial charge in [0.05, 0.1) is 10.6 Å². The largest absolute Gasteiger partial charge is 0.348 e. The number of carbonyl (C=O) groups is 1. The topological polar surface area (TPSA) is 42.0 Å². The van der Waals surface area contributed by atoms with Crippen molar-refractivity contribution < 1.29 is 4.79 Å². The highest BCUT2D eigenvalue weighted by atomic mass is 35.5. The zero-order valence-electron chi connectivity index (χ0n) is 12.8. The van der Waals surface area contributed by atoms with Crippen LogP contribution in [0.1, 0.15) is 11.1 Å². The number of rotatable bonds is 5. The lowest BCUT2D eigenvalue weighted by atomic mass is 10.2. The van der Waals surface area contributed by atoms with E-state index in [0.29, 0.717) is 11.6 Å². The summed E-state index contributed by atoms with van der Waals surface area (Å²) in [5, 5.41) is 5.57. The zero-order chi connectivity index (χ0) is 16.8. The van der Waals surface area contributed by atoms with E-state index in [-0.39, 0.29) is 5.91 Å². The molecule has 24 heavy (non-hydrogen) atoms. The molecule has 3 nitrogen and oxygen atoms in total. The van der Waals surface area contributed by atoms with Gasteiger partial charge in [-0.25, -0.2) is 0 Å². The van der Waals surface area contributed by atoms with E-state index in [2.05, 4.69) is 10.3 Å². The van der Waals surface area contributed by atoms with E-state index < -0.39 is 0 Å². The van der Waals surface area contributed by atoms with Crippen LogP contribution in [0.4, 0.5) is 0 Å². The normalized spacial score (nSPS) is 10.9. The molecule has 5 heteroatoms. The molecule has 0 saturated heterocycles. The molecule has 2 heterocycles. The van der Waals surface area contributed by atoms with Crippen LogP contribution in [0.2, 0.25) is 5.02 Å². The Hall–Kier alpha value is -2.43. The lowest BCUT2D eigenvalue weighted by molar-refractivity contribution is -0.116. The third-order valence-electron chi connectivity index (χ3n) is 3.36. The molecule has 3 aromatic rings. The second-order valence-electron chi connectivity index (χ2n) is 5.13. The molecule has 0 unspecified atom stereocenters. The van der Waals surface area contributed by atoms with Crippen molar-refractivity contribution in [3.05, 3.63) is 82.3 Å². The third-order valence-corrected chi connectivity index (χ3v) is 4.51. The highest BCUT2D eigenvalue weighted by Crippen LogP contribution is 2.22. The van der Waals surface area contributed by atoms with Gasteiger partial charge in [-0.2, -0.15) is 0 Å². The molecular formula is C19H15ClN2OS. The van der Waals surface area contributed by atoms with Gasteiger partial charge in [-0.15, -0.1) is 11.3 Å². The molecule has 3 rings (SSSR count). The summed E-state index contributed by atoms with van der Waals surface area (Å²) < 4.78 is 0. The zero-order valence-corrected chi connectivity index (χ0v) is 14.3. The van der Waals surface area contributed by atoms with Gasteiger partial charge in [-0.1, -0.05) is 29.8 Å². The predicted octanol–water partition coefficient (Wildman–Crippen LogP) is 4.79. The number of pyridine rings is 1. The number of hydrogen-bond donors (Lipinski definition) is 1. The molecule has 120 valence electrons. The second kappa shape index (κ2) is 7.90. The van der Waals surface area contributed by atoms with Crippen molar-refractivity contribution in [1.29, 1.82) is 0 Å². The number of halogens is 1. The first-order valence-corrected chi connectivity index (χ1v) is 8.67. The van der Waals surface area contributed by atoms with E-state index in [1.54, 1.807) is 35.7 Å². The highest BCUT2D eigenvalue weighted by Gasteiger charge is 2.03. The quantitative estimate of drug-likeness (QED) is 0.669. The molecule has 0 aliphatic rings. The van der Waals surface area contributed by atoms with E-state index in [9.17, 15) is 4.79 Å². The standard InChI is InChI=1S/C19H15ClN2OS/c20-16-6-3-14(4-7-16)5-8-19(23)22-13-15-9-10-21-17(12-15)18-2-1-11-24-18/h1-12H,13H2,(H,22,23)/b8-5+.